The Kier molecular flexibility index (Phi) is 7.69. The van der Waals surface area contributed by atoms with Gasteiger partial charge in [-0.1, -0.05) is 35.5 Å². The van der Waals surface area contributed by atoms with Crippen LogP contribution in [0, 0.1) is 30.3 Å². The minimum absolute atomic E-state index is 0.447. The summed E-state index contributed by atoms with van der Waals surface area (Å²) in [6.45, 7) is 0.823. The number of nitro groups is 3. The number of hydrogen-bond acceptors (Lipinski definition) is 10. The first kappa shape index (κ1) is 24.4. The molecular formula is C21H17N7O7. The zero-order valence-electron chi connectivity index (χ0n) is 17.9. The molecule has 0 bridgehead atoms. The van der Waals surface area contributed by atoms with Crippen molar-refractivity contribution in [3.8, 4) is 17.0 Å². The Morgan fingerprint density at radius 3 is 2.00 bits per heavy atom. The van der Waals surface area contributed by atoms with Crippen molar-refractivity contribution in [3.05, 3.63) is 109 Å². The van der Waals surface area contributed by atoms with Crippen molar-refractivity contribution in [2.45, 2.75) is 13.0 Å². The standard InChI is InChI=1S/C15H14N4.C6H3N3O7/c1-2-4-14(5-3-1)15-12-19(18-17-15)11-8-13-6-9-16-10-7-13;10-6-4(8(13)14)1-3(7(11)12)2-5(6)9(15)16/h1-7,9-10,12H,8,11H2;1-2,10H. The Hall–Kier alpha value is -5.27. The van der Waals surface area contributed by atoms with Gasteiger partial charge in [0, 0.05) is 24.5 Å². The highest BCUT2D eigenvalue weighted by molar-refractivity contribution is 5.64. The maximum atomic E-state index is 10.4. The third-order valence-electron chi connectivity index (χ3n) is 4.65. The number of aromatic nitrogens is 4. The molecule has 14 heteroatoms. The monoisotopic (exact) mass is 479 g/mol. The molecule has 0 amide bonds. The van der Waals surface area contributed by atoms with Crippen molar-refractivity contribution in [2.24, 2.45) is 0 Å². The molecule has 2 aromatic carbocycles. The van der Waals surface area contributed by atoms with E-state index in [1.54, 1.807) is 0 Å². The fraction of sp³-hybridized carbons (Fsp3) is 0.0952. The van der Waals surface area contributed by atoms with Crippen molar-refractivity contribution in [1.82, 2.24) is 20.0 Å². The van der Waals surface area contributed by atoms with E-state index in [2.05, 4.69) is 15.3 Å². The van der Waals surface area contributed by atoms with E-state index in [1.165, 1.54) is 5.56 Å². The van der Waals surface area contributed by atoms with Crippen LogP contribution in [0.5, 0.6) is 5.75 Å². The maximum Gasteiger partial charge on any atom is 0.324 e. The van der Waals surface area contributed by atoms with Gasteiger partial charge >= 0.3 is 11.4 Å². The summed E-state index contributed by atoms with van der Waals surface area (Å²) in [6.07, 6.45) is 6.54. The van der Waals surface area contributed by atoms with Gasteiger partial charge in [-0.15, -0.1) is 5.10 Å². The van der Waals surface area contributed by atoms with Crippen molar-refractivity contribution in [1.29, 1.82) is 0 Å². The third kappa shape index (κ3) is 6.38. The van der Waals surface area contributed by atoms with Crippen molar-refractivity contribution >= 4 is 17.1 Å². The van der Waals surface area contributed by atoms with Crippen LogP contribution < -0.4 is 0 Å². The van der Waals surface area contributed by atoms with Gasteiger partial charge in [0.1, 0.15) is 5.69 Å². The van der Waals surface area contributed by atoms with Crippen LogP contribution in [0.2, 0.25) is 0 Å². The first-order valence-corrected chi connectivity index (χ1v) is 9.91. The number of phenols is 1. The number of benzene rings is 2. The molecule has 2 aromatic heterocycles. The van der Waals surface area contributed by atoms with Crippen LogP contribution in [-0.2, 0) is 13.0 Å². The average Bonchev–Trinajstić information content (AvgIpc) is 3.33. The Labute approximate surface area is 196 Å². The molecule has 0 spiro atoms. The number of aromatic hydroxyl groups is 1. The van der Waals surface area contributed by atoms with Gasteiger partial charge in [-0.3, -0.25) is 40.0 Å². The second-order valence-corrected chi connectivity index (χ2v) is 6.94. The highest BCUT2D eigenvalue weighted by atomic mass is 16.6. The van der Waals surface area contributed by atoms with E-state index in [-0.39, 0.29) is 0 Å². The third-order valence-corrected chi connectivity index (χ3v) is 4.65. The Balaban J connectivity index is 0.000000199. The molecule has 4 rings (SSSR count). The molecule has 1 N–H and O–H groups in total. The van der Waals surface area contributed by atoms with E-state index in [0.717, 1.165) is 24.2 Å². The molecule has 0 saturated carbocycles. The summed E-state index contributed by atoms with van der Waals surface area (Å²) in [6, 6.07) is 15.0. The maximum absolute atomic E-state index is 10.4. The van der Waals surface area contributed by atoms with Gasteiger partial charge in [0.05, 0.1) is 33.1 Å². The van der Waals surface area contributed by atoms with Crippen molar-refractivity contribution in [3.63, 3.8) is 0 Å². The Morgan fingerprint density at radius 1 is 0.857 bits per heavy atom. The Bertz CT molecular complexity index is 1310. The van der Waals surface area contributed by atoms with Crippen molar-refractivity contribution < 1.29 is 19.9 Å². The highest BCUT2D eigenvalue weighted by Gasteiger charge is 2.30. The summed E-state index contributed by atoms with van der Waals surface area (Å²) >= 11 is 0. The molecule has 0 aliphatic heterocycles. The zero-order valence-corrected chi connectivity index (χ0v) is 17.9. The van der Waals surface area contributed by atoms with Crippen molar-refractivity contribution in [2.75, 3.05) is 0 Å². The predicted molar refractivity (Wildman–Crippen MR) is 121 cm³/mol. The number of hydrogen-bond donors (Lipinski definition) is 1. The smallest absolute Gasteiger partial charge is 0.324 e. The Morgan fingerprint density at radius 2 is 1.46 bits per heavy atom. The molecule has 178 valence electrons. The molecule has 0 atom stereocenters. The normalized spacial score (nSPS) is 10.2. The number of aryl methyl sites for hydroxylation is 2. The molecular weight excluding hydrogens is 462 g/mol. The summed E-state index contributed by atoms with van der Waals surface area (Å²) < 4.78 is 1.88. The lowest BCUT2D eigenvalue weighted by Gasteiger charge is -2.00. The lowest BCUT2D eigenvalue weighted by Crippen LogP contribution is -2.01. The second-order valence-electron chi connectivity index (χ2n) is 6.94. The second kappa shape index (κ2) is 11.0. The van der Waals surface area contributed by atoms with E-state index in [9.17, 15) is 30.3 Å². The fourth-order valence-electron chi connectivity index (χ4n) is 2.92. The first-order valence-electron chi connectivity index (χ1n) is 9.91. The molecule has 0 aliphatic carbocycles. The molecule has 14 nitrogen and oxygen atoms in total. The van der Waals surface area contributed by atoms with Crippen LogP contribution in [0.3, 0.4) is 0 Å². The molecule has 2 heterocycles. The van der Waals surface area contributed by atoms with Gasteiger partial charge in [-0.05, 0) is 24.1 Å². The first-order chi connectivity index (χ1) is 16.8. The van der Waals surface area contributed by atoms with E-state index in [4.69, 9.17) is 5.11 Å². The number of pyridine rings is 1. The van der Waals surface area contributed by atoms with E-state index >= 15 is 0 Å². The van der Waals surface area contributed by atoms with Gasteiger partial charge in [0.2, 0.25) is 0 Å². The predicted octanol–water partition coefficient (Wildman–Crippen LogP) is 3.70. The fourth-order valence-corrected chi connectivity index (χ4v) is 2.92. The summed E-state index contributed by atoms with van der Waals surface area (Å²) in [5.41, 5.74) is 0.262. The van der Waals surface area contributed by atoms with E-state index < -0.39 is 37.6 Å². The van der Waals surface area contributed by atoms with Crippen LogP contribution in [0.25, 0.3) is 11.3 Å². The van der Waals surface area contributed by atoms with Crippen LogP contribution in [0.4, 0.5) is 17.1 Å². The van der Waals surface area contributed by atoms with Gasteiger partial charge in [0.25, 0.3) is 11.4 Å². The topological polar surface area (TPSA) is 193 Å². The van der Waals surface area contributed by atoms with E-state index in [1.807, 2.05) is 65.7 Å². The lowest BCUT2D eigenvalue weighted by molar-refractivity contribution is -0.404. The number of nitrogens with zero attached hydrogens (tertiary/aromatic N) is 7. The molecule has 35 heavy (non-hydrogen) atoms. The minimum atomic E-state index is -1.21. The van der Waals surface area contributed by atoms with Gasteiger partial charge in [-0.2, -0.15) is 0 Å². The number of rotatable bonds is 7. The minimum Gasteiger partial charge on any atom is -0.497 e. The van der Waals surface area contributed by atoms with Crippen LogP contribution in [0.1, 0.15) is 5.56 Å². The SMILES string of the molecule is O=[N+]([O-])c1cc([N+](=O)[O-])c(O)c([N+](=O)[O-])c1.c1ccc(-c2cn(CCc3ccncc3)nn2)cc1. The van der Waals surface area contributed by atoms with Crippen LogP contribution >= 0.6 is 0 Å². The van der Waals surface area contributed by atoms with Gasteiger partial charge < -0.3 is 5.11 Å². The summed E-state index contributed by atoms with van der Waals surface area (Å²) in [7, 11) is 0. The average molecular weight is 479 g/mol. The molecule has 4 aromatic rings. The van der Waals surface area contributed by atoms with Gasteiger partial charge in [-0.25, -0.2) is 0 Å². The largest absolute Gasteiger partial charge is 0.497 e. The molecule has 0 saturated heterocycles. The van der Waals surface area contributed by atoms with E-state index in [0.29, 0.717) is 12.1 Å². The quantitative estimate of drug-likeness (QED) is 0.301. The molecule has 0 aliphatic rings. The van der Waals surface area contributed by atoms with Crippen LogP contribution in [-0.4, -0.2) is 39.9 Å². The summed E-state index contributed by atoms with van der Waals surface area (Å²) in [5, 5.41) is 48.6. The number of nitro benzene ring substituents is 3. The molecule has 0 radical (unpaired) electrons. The zero-order chi connectivity index (χ0) is 25.4. The summed E-state index contributed by atoms with van der Waals surface area (Å²) in [4.78, 5) is 31.8. The lowest BCUT2D eigenvalue weighted by atomic mass is 10.2. The van der Waals surface area contributed by atoms with Gasteiger partial charge in [0.15, 0.2) is 0 Å². The molecule has 0 unspecified atom stereocenters. The summed E-state index contributed by atoms with van der Waals surface area (Å²) in [5.74, 6) is -1.21. The van der Waals surface area contributed by atoms with Crippen LogP contribution in [0.15, 0.2) is 73.2 Å². The highest BCUT2D eigenvalue weighted by Crippen LogP contribution is 2.38. The molecule has 0 fully saturated rings. The number of phenolic OH excluding ortho intramolecular Hbond substituents is 1. The number of non-ortho nitro benzene ring substituents is 1.